The number of benzene rings is 2. The molecule has 1 aliphatic rings. The van der Waals surface area contributed by atoms with Crippen molar-refractivity contribution in [1.29, 1.82) is 0 Å². The van der Waals surface area contributed by atoms with Gasteiger partial charge in [0.15, 0.2) is 5.96 Å². The quantitative estimate of drug-likeness (QED) is 0.226. The van der Waals surface area contributed by atoms with E-state index in [1.165, 1.54) is 0 Å². The molecule has 0 spiro atoms. The Kier molecular flexibility index (Phi) is 10.6. The van der Waals surface area contributed by atoms with Gasteiger partial charge in [-0.1, -0.05) is 36.4 Å². The maximum atomic E-state index is 12.7. The van der Waals surface area contributed by atoms with Crippen LogP contribution in [0.4, 0.5) is 0 Å². The van der Waals surface area contributed by atoms with Gasteiger partial charge in [-0.3, -0.25) is 4.99 Å². The van der Waals surface area contributed by atoms with Gasteiger partial charge in [0.05, 0.1) is 11.4 Å². The van der Waals surface area contributed by atoms with E-state index in [-0.39, 0.29) is 24.0 Å². The molecule has 0 unspecified atom stereocenters. The lowest BCUT2D eigenvalue weighted by Crippen LogP contribution is -2.44. The van der Waals surface area contributed by atoms with Gasteiger partial charge < -0.3 is 15.4 Å². The maximum absolute atomic E-state index is 12.7. The number of sulfonamides is 1. The van der Waals surface area contributed by atoms with Gasteiger partial charge in [0, 0.05) is 26.7 Å². The molecule has 0 saturated carbocycles. The van der Waals surface area contributed by atoms with Crippen LogP contribution < -0.4 is 15.4 Å². The molecule has 2 aromatic rings. The van der Waals surface area contributed by atoms with Gasteiger partial charge in [0.2, 0.25) is 10.0 Å². The van der Waals surface area contributed by atoms with E-state index in [1.807, 2.05) is 36.4 Å². The average molecular weight is 558 g/mol. The third-order valence-corrected chi connectivity index (χ3v) is 7.06. The fraction of sp³-hybridized carbons (Fsp3) is 0.409. The lowest BCUT2D eigenvalue weighted by Gasteiger charge is -2.31. The van der Waals surface area contributed by atoms with E-state index < -0.39 is 10.0 Å². The highest BCUT2D eigenvalue weighted by Crippen LogP contribution is 2.23. The van der Waals surface area contributed by atoms with E-state index in [2.05, 4.69) is 15.6 Å². The van der Waals surface area contributed by atoms with Crippen molar-refractivity contribution in [3.05, 3.63) is 60.7 Å². The highest BCUT2D eigenvalue weighted by molar-refractivity contribution is 14.0. The van der Waals surface area contributed by atoms with Crippen molar-refractivity contribution < 1.29 is 13.2 Å². The molecular formula is C22H31IN4O3S. The zero-order valence-corrected chi connectivity index (χ0v) is 20.9. The number of hydrogen-bond acceptors (Lipinski definition) is 4. The predicted molar refractivity (Wildman–Crippen MR) is 135 cm³/mol. The second-order valence-electron chi connectivity index (χ2n) is 7.20. The molecule has 0 amide bonds. The molecule has 0 aromatic heterocycles. The Morgan fingerprint density at radius 2 is 1.65 bits per heavy atom. The Hall–Kier alpha value is -1.85. The Bertz CT molecular complexity index is 903. The van der Waals surface area contributed by atoms with Crippen LogP contribution in [0.5, 0.6) is 5.75 Å². The first-order chi connectivity index (χ1) is 14.6. The van der Waals surface area contributed by atoms with Gasteiger partial charge in [-0.25, -0.2) is 8.42 Å². The SMILES string of the molecule is CN=C(NCCOc1ccccc1)NCC1CCN(S(=O)(=O)c2ccccc2)CC1.I. The molecule has 1 saturated heterocycles. The topological polar surface area (TPSA) is 83.0 Å². The van der Waals surface area contributed by atoms with E-state index in [4.69, 9.17) is 4.74 Å². The van der Waals surface area contributed by atoms with Crippen molar-refractivity contribution in [2.45, 2.75) is 17.7 Å². The van der Waals surface area contributed by atoms with Crippen molar-refractivity contribution in [3.63, 3.8) is 0 Å². The minimum atomic E-state index is -3.40. The number of guanidine groups is 1. The number of rotatable bonds is 8. The second kappa shape index (κ2) is 12.9. The Morgan fingerprint density at radius 1 is 1.03 bits per heavy atom. The molecule has 1 fully saturated rings. The van der Waals surface area contributed by atoms with Gasteiger partial charge in [-0.2, -0.15) is 4.31 Å². The zero-order valence-electron chi connectivity index (χ0n) is 17.7. The molecule has 2 N–H and O–H groups in total. The van der Waals surface area contributed by atoms with Gasteiger partial charge >= 0.3 is 0 Å². The van der Waals surface area contributed by atoms with Crippen LogP contribution in [0.25, 0.3) is 0 Å². The number of piperidine rings is 1. The van der Waals surface area contributed by atoms with Crippen LogP contribution in [-0.4, -0.2) is 58.5 Å². The summed E-state index contributed by atoms with van der Waals surface area (Å²) in [6.07, 6.45) is 1.65. The van der Waals surface area contributed by atoms with Crippen molar-refractivity contribution >= 4 is 40.0 Å². The molecule has 0 radical (unpaired) electrons. The highest BCUT2D eigenvalue weighted by atomic mass is 127. The molecule has 2 aromatic carbocycles. The summed E-state index contributed by atoms with van der Waals surface area (Å²) in [5.74, 6) is 1.98. The van der Waals surface area contributed by atoms with Crippen molar-refractivity contribution in [2.24, 2.45) is 10.9 Å². The highest BCUT2D eigenvalue weighted by Gasteiger charge is 2.29. The largest absolute Gasteiger partial charge is 0.492 e. The van der Waals surface area contributed by atoms with Crippen LogP contribution in [0.2, 0.25) is 0 Å². The second-order valence-corrected chi connectivity index (χ2v) is 9.14. The minimum absolute atomic E-state index is 0. The van der Waals surface area contributed by atoms with Crippen molar-refractivity contribution in [3.8, 4) is 5.75 Å². The Morgan fingerprint density at radius 3 is 2.26 bits per heavy atom. The molecule has 3 rings (SSSR count). The monoisotopic (exact) mass is 558 g/mol. The number of ether oxygens (including phenoxy) is 1. The summed E-state index contributed by atoms with van der Waals surface area (Å²) >= 11 is 0. The molecule has 0 bridgehead atoms. The maximum Gasteiger partial charge on any atom is 0.243 e. The smallest absolute Gasteiger partial charge is 0.243 e. The fourth-order valence-corrected chi connectivity index (χ4v) is 4.90. The van der Waals surface area contributed by atoms with Crippen LogP contribution >= 0.6 is 24.0 Å². The number of hydrogen-bond donors (Lipinski definition) is 2. The molecule has 9 heteroatoms. The number of halogens is 1. The number of para-hydroxylation sites is 1. The third kappa shape index (κ3) is 7.65. The molecule has 31 heavy (non-hydrogen) atoms. The van der Waals surface area contributed by atoms with Gasteiger partial charge in [-0.05, 0) is 43.0 Å². The zero-order chi connectivity index (χ0) is 21.2. The average Bonchev–Trinajstić information content (AvgIpc) is 2.80. The van der Waals surface area contributed by atoms with Gasteiger partial charge in [0.25, 0.3) is 0 Å². The van der Waals surface area contributed by atoms with E-state index in [0.29, 0.717) is 37.1 Å². The van der Waals surface area contributed by atoms with E-state index in [0.717, 1.165) is 31.1 Å². The number of nitrogens with zero attached hydrogens (tertiary/aromatic N) is 2. The summed E-state index contributed by atoms with van der Waals surface area (Å²) in [5, 5.41) is 6.58. The van der Waals surface area contributed by atoms with Gasteiger partial charge in [-0.15, -0.1) is 24.0 Å². The fourth-order valence-electron chi connectivity index (χ4n) is 3.41. The standard InChI is InChI=1S/C22H30N4O3S.HI/c1-23-22(24-14-17-29-20-8-4-2-5-9-20)25-18-19-12-15-26(16-13-19)30(27,28)21-10-6-3-7-11-21;/h2-11,19H,12-18H2,1H3,(H2,23,24,25);1H. The number of aliphatic imine (C=N–C) groups is 1. The summed E-state index contributed by atoms with van der Waals surface area (Å²) in [6.45, 7) is 3.03. The normalized spacial score (nSPS) is 15.7. The van der Waals surface area contributed by atoms with E-state index in [9.17, 15) is 8.42 Å². The number of nitrogens with one attached hydrogen (secondary N) is 2. The van der Waals surface area contributed by atoms with Crippen molar-refractivity contribution in [2.75, 3.05) is 39.8 Å². The summed E-state index contributed by atoms with van der Waals surface area (Å²) in [4.78, 5) is 4.61. The molecule has 0 aliphatic carbocycles. The van der Waals surface area contributed by atoms with Crippen molar-refractivity contribution in [1.82, 2.24) is 14.9 Å². The molecule has 7 nitrogen and oxygen atoms in total. The molecular weight excluding hydrogens is 527 g/mol. The van der Waals surface area contributed by atoms with E-state index in [1.54, 1.807) is 35.6 Å². The predicted octanol–water partition coefficient (Wildman–Crippen LogP) is 2.95. The minimum Gasteiger partial charge on any atom is -0.492 e. The third-order valence-electron chi connectivity index (χ3n) is 5.14. The first-order valence-corrected chi connectivity index (χ1v) is 11.7. The first-order valence-electron chi connectivity index (χ1n) is 10.3. The molecule has 0 atom stereocenters. The molecule has 1 aliphatic heterocycles. The Labute approximate surface area is 202 Å². The molecule has 1 heterocycles. The lowest BCUT2D eigenvalue weighted by molar-refractivity contribution is 0.273. The molecule has 170 valence electrons. The van der Waals surface area contributed by atoms with Crippen LogP contribution in [0.3, 0.4) is 0 Å². The lowest BCUT2D eigenvalue weighted by atomic mass is 9.98. The van der Waals surface area contributed by atoms with Crippen LogP contribution in [-0.2, 0) is 10.0 Å². The summed E-state index contributed by atoms with van der Waals surface area (Å²) < 4.78 is 32.7. The van der Waals surface area contributed by atoms with Crippen LogP contribution in [0, 0.1) is 5.92 Å². The summed E-state index contributed by atoms with van der Waals surface area (Å²) in [7, 11) is -1.66. The van der Waals surface area contributed by atoms with Crippen LogP contribution in [0.15, 0.2) is 70.6 Å². The Balaban J connectivity index is 0.00000341. The van der Waals surface area contributed by atoms with E-state index >= 15 is 0 Å². The summed E-state index contributed by atoms with van der Waals surface area (Å²) in [5.41, 5.74) is 0. The van der Waals surface area contributed by atoms with Gasteiger partial charge in [0.1, 0.15) is 12.4 Å². The van der Waals surface area contributed by atoms with Crippen LogP contribution in [0.1, 0.15) is 12.8 Å². The first kappa shape index (κ1) is 25.4. The summed E-state index contributed by atoms with van der Waals surface area (Å²) in [6, 6.07) is 18.3.